The van der Waals surface area contributed by atoms with Crippen molar-refractivity contribution in [1.29, 1.82) is 0 Å². The molecule has 0 N–H and O–H groups in total. The van der Waals surface area contributed by atoms with Gasteiger partial charge in [0.2, 0.25) is 0 Å². The summed E-state index contributed by atoms with van der Waals surface area (Å²) in [7, 11) is 0. The van der Waals surface area contributed by atoms with Gasteiger partial charge in [-0.15, -0.1) is 0 Å². The van der Waals surface area contributed by atoms with E-state index in [-0.39, 0.29) is 16.2 Å². The SMILES string of the molecule is CC(C)(C)c1cc(-n2[c](=[Pt])n(-c3[c-]c(Oc4[c-]c5c(cc4)-c4ccccc4N(c4ccccc4)c4ccccc4-c4ccccc4N5c4cc(C(C)(C)C)ccn4)ccc3)c3ccccc32)cc(C(C)(C)C)c1. The van der Waals surface area contributed by atoms with Gasteiger partial charge in [0.25, 0.3) is 0 Å². The second-order valence-electron chi connectivity index (χ2n) is 22.0. The summed E-state index contributed by atoms with van der Waals surface area (Å²) in [5.41, 5.74) is 16.9. The Hall–Kier alpha value is -7.53. The van der Waals surface area contributed by atoms with E-state index in [0.717, 1.165) is 82.7 Å². The van der Waals surface area contributed by atoms with Gasteiger partial charge in [0.15, 0.2) is 0 Å². The quantitative estimate of drug-likeness (QED) is 0.156. The van der Waals surface area contributed by atoms with Crippen molar-refractivity contribution in [1.82, 2.24) is 14.1 Å². The normalized spacial score (nSPS) is 12.8. The number of fused-ring (bicyclic) bond motifs is 7. The Bertz CT molecular complexity index is 3740. The molecule has 1 aliphatic rings. The Labute approximate surface area is 441 Å². The average Bonchev–Trinajstić information content (AvgIpc) is 3.68. The summed E-state index contributed by atoms with van der Waals surface area (Å²) < 4.78 is 12.7. The third-order valence-electron chi connectivity index (χ3n) is 13.8. The number of para-hydroxylation sites is 6. The zero-order valence-electron chi connectivity index (χ0n) is 42.9. The third kappa shape index (κ3) is 8.97. The van der Waals surface area contributed by atoms with Crippen LogP contribution < -0.4 is 14.5 Å². The van der Waals surface area contributed by atoms with Gasteiger partial charge in [-0.25, -0.2) is 0 Å². The molecule has 0 radical (unpaired) electrons. The monoisotopic (exact) mass is 1130 g/mol. The minimum atomic E-state index is -0.129. The van der Waals surface area contributed by atoms with Gasteiger partial charge in [0.1, 0.15) is 0 Å². The molecule has 11 rings (SSSR count). The van der Waals surface area contributed by atoms with Crippen molar-refractivity contribution in [3.05, 3.63) is 227 Å². The molecule has 0 aliphatic carbocycles. The molecule has 0 spiro atoms. The van der Waals surface area contributed by atoms with Crippen LogP contribution in [-0.2, 0) is 35.6 Å². The van der Waals surface area contributed by atoms with Crippen LogP contribution in [0.5, 0.6) is 11.5 Å². The second kappa shape index (κ2) is 18.5. The van der Waals surface area contributed by atoms with Crippen molar-refractivity contribution in [3.63, 3.8) is 0 Å². The molecule has 73 heavy (non-hydrogen) atoms. The van der Waals surface area contributed by atoms with E-state index in [1.54, 1.807) is 0 Å². The fourth-order valence-corrected chi connectivity index (χ4v) is 11.0. The molecular formula is C66H59N5OPt-2. The molecule has 2 aromatic heterocycles. The number of ether oxygens (including phenoxy) is 1. The van der Waals surface area contributed by atoms with E-state index in [2.05, 4.69) is 283 Å². The average molecular weight is 1130 g/mol. The third-order valence-corrected chi connectivity index (χ3v) is 14.8. The van der Waals surface area contributed by atoms with E-state index >= 15 is 0 Å². The van der Waals surface area contributed by atoms with Crippen molar-refractivity contribution in [2.24, 2.45) is 0 Å². The number of anilines is 6. The zero-order chi connectivity index (χ0) is 50.8. The van der Waals surface area contributed by atoms with Gasteiger partial charge >= 0.3 is 287 Å². The molecule has 6 nitrogen and oxygen atoms in total. The van der Waals surface area contributed by atoms with Crippen LogP contribution in [0.1, 0.15) is 79.0 Å². The molecule has 0 fully saturated rings. The first-order valence-electron chi connectivity index (χ1n) is 25.0. The van der Waals surface area contributed by atoms with Gasteiger partial charge in [-0.1, -0.05) is 87.5 Å². The van der Waals surface area contributed by atoms with E-state index in [4.69, 9.17) is 9.72 Å². The zero-order valence-corrected chi connectivity index (χ0v) is 45.2. The molecule has 3 heterocycles. The van der Waals surface area contributed by atoms with Crippen molar-refractivity contribution in [3.8, 4) is 45.1 Å². The number of aromatic nitrogens is 3. The van der Waals surface area contributed by atoms with Crippen molar-refractivity contribution in [2.45, 2.75) is 78.6 Å². The summed E-state index contributed by atoms with van der Waals surface area (Å²) in [6.45, 7) is 20.5. The van der Waals surface area contributed by atoms with Crippen LogP contribution in [-0.4, -0.2) is 14.1 Å². The van der Waals surface area contributed by atoms with Crippen LogP contribution in [0.3, 0.4) is 0 Å². The second-order valence-corrected chi connectivity index (χ2v) is 23.0. The Kier molecular flexibility index (Phi) is 12.1. The van der Waals surface area contributed by atoms with Crippen LogP contribution in [0.4, 0.5) is 34.3 Å². The maximum atomic E-state index is 6.98. The number of nitrogens with zero attached hydrogens (tertiary/aromatic N) is 5. The van der Waals surface area contributed by atoms with Crippen molar-refractivity contribution in [2.75, 3.05) is 9.80 Å². The van der Waals surface area contributed by atoms with Crippen LogP contribution in [0.25, 0.3) is 44.7 Å². The molecule has 1 aliphatic heterocycles. The Morgan fingerprint density at radius 1 is 0.425 bits per heavy atom. The minimum absolute atomic E-state index is 0.0324. The Morgan fingerprint density at radius 2 is 0.945 bits per heavy atom. The van der Waals surface area contributed by atoms with Crippen molar-refractivity contribution >= 4 is 45.3 Å². The summed E-state index contributed by atoms with van der Waals surface area (Å²) in [5.74, 6) is 1.90. The fourth-order valence-electron chi connectivity index (χ4n) is 9.89. The van der Waals surface area contributed by atoms with Crippen LogP contribution in [0.15, 0.2) is 194 Å². The number of pyridine rings is 1. The molecule has 0 saturated heterocycles. The predicted molar refractivity (Wildman–Crippen MR) is 298 cm³/mol. The van der Waals surface area contributed by atoms with Gasteiger partial charge in [0, 0.05) is 17.4 Å². The predicted octanol–water partition coefficient (Wildman–Crippen LogP) is 17.8. The molecule has 10 aromatic rings. The van der Waals surface area contributed by atoms with Crippen LogP contribution in [0.2, 0.25) is 0 Å². The number of hydrogen-bond donors (Lipinski definition) is 0. The molecule has 0 unspecified atom stereocenters. The first kappa shape index (κ1) is 47.8. The number of imidazole rings is 1. The fraction of sp³-hybridized carbons (Fsp3) is 0.182. The number of hydrogen-bond acceptors (Lipinski definition) is 4. The number of rotatable bonds is 6. The van der Waals surface area contributed by atoms with Gasteiger partial charge in [-0.05, 0) is 41.3 Å². The topological polar surface area (TPSA) is 38.5 Å². The van der Waals surface area contributed by atoms with Gasteiger partial charge in [0.05, 0.1) is 5.69 Å². The van der Waals surface area contributed by atoms with Gasteiger partial charge in [-0.2, -0.15) is 0 Å². The van der Waals surface area contributed by atoms with E-state index in [9.17, 15) is 0 Å². The molecule has 0 atom stereocenters. The molecule has 8 aromatic carbocycles. The Morgan fingerprint density at radius 3 is 1.55 bits per heavy atom. The molecule has 0 bridgehead atoms. The molecule has 7 heteroatoms. The summed E-state index contributed by atoms with van der Waals surface area (Å²) >= 11 is 2.48. The van der Waals surface area contributed by atoms with E-state index < -0.39 is 0 Å². The van der Waals surface area contributed by atoms with E-state index in [1.165, 1.54) is 16.7 Å². The summed E-state index contributed by atoms with van der Waals surface area (Å²) in [5, 5.41) is 0. The molecule has 0 saturated carbocycles. The number of benzene rings is 8. The van der Waals surface area contributed by atoms with E-state index in [0.29, 0.717) is 11.5 Å². The van der Waals surface area contributed by atoms with Crippen molar-refractivity contribution < 1.29 is 24.1 Å². The first-order valence-corrected chi connectivity index (χ1v) is 26.2. The van der Waals surface area contributed by atoms with E-state index in [1.807, 2.05) is 24.4 Å². The summed E-state index contributed by atoms with van der Waals surface area (Å²) in [4.78, 5) is 9.82. The maximum absolute atomic E-state index is 6.98. The molecule has 366 valence electrons. The molecule has 0 amide bonds. The van der Waals surface area contributed by atoms with Gasteiger partial charge < -0.3 is 4.90 Å². The Balaban J connectivity index is 1.10. The van der Waals surface area contributed by atoms with Crippen LogP contribution >= 0.6 is 0 Å². The first-order chi connectivity index (χ1) is 35.0. The van der Waals surface area contributed by atoms with Crippen LogP contribution in [0, 0.1) is 15.9 Å². The summed E-state index contributed by atoms with van der Waals surface area (Å²) in [6.07, 6.45) is 1.93. The van der Waals surface area contributed by atoms with Gasteiger partial charge in [-0.3, -0.25) is 0 Å². The standard InChI is InChI=1S/C66H59N5O.Pt/c1-64(2,3)45-36-37-67-63(41-45)71-59-31-18-15-27-54(59)53-26-13-16-29-57(53)70(48-22-11-10-12-23-48)58-30-17-14-28-55(58)56-35-34-52(43-62(56)71)72-51-25-21-24-49(42-51)68-44-69(61-33-20-19-32-60(61)68)50-39-46(65(4,5)6)38-47(40-50)66(7,8)9;/h10-41H,1-9H3;/q-2;. The summed E-state index contributed by atoms with van der Waals surface area (Å²) in [6, 6.07) is 74.6. The molecular weight excluding hydrogens is 1070 g/mol.